The summed E-state index contributed by atoms with van der Waals surface area (Å²) in [6, 6.07) is 3.26. The highest BCUT2D eigenvalue weighted by atomic mass is 16.7. The van der Waals surface area contributed by atoms with E-state index in [-0.39, 0.29) is 11.5 Å². The maximum Gasteiger partial charge on any atom is 0.511 e. The van der Waals surface area contributed by atoms with Crippen LogP contribution in [0.1, 0.15) is 70.8 Å². The van der Waals surface area contributed by atoms with Crippen molar-refractivity contribution in [3.63, 3.8) is 0 Å². The highest BCUT2D eigenvalue weighted by Gasteiger charge is 2.17. The van der Waals surface area contributed by atoms with Gasteiger partial charge in [0.15, 0.2) is 11.5 Å². The van der Waals surface area contributed by atoms with Crippen molar-refractivity contribution in [2.45, 2.75) is 71.6 Å². The van der Waals surface area contributed by atoms with Crippen LogP contribution in [0, 0.1) is 0 Å². The van der Waals surface area contributed by atoms with Crippen molar-refractivity contribution in [3.8, 4) is 17.2 Å². The van der Waals surface area contributed by atoms with Gasteiger partial charge < -0.3 is 19.7 Å². The lowest BCUT2D eigenvalue weighted by atomic mass is 10.0. The number of benzene rings is 1. The standard InChI is InChI=1S/C19H30O5/c1-3-5-6-7-8-9-10-11-15-12-13-16(24-19(21)22)17(20)18(15)23-14-4-2/h12-13,20H,3-11,14H2,1-2H3,(H,21,22). The summed E-state index contributed by atoms with van der Waals surface area (Å²) in [6.07, 6.45) is 8.65. The first-order chi connectivity index (χ1) is 11.6. The van der Waals surface area contributed by atoms with Gasteiger partial charge in [-0.15, -0.1) is 0 Å². The second-order valence-electron chi connectivity index (χ2n) is 5.99. The quantitative estimate of drug-likeness (QED) is 0.298. The van der Waals surface area contributed by atoms with E-state index in [1.54, 1.807) is 6.07 Å². The number of ether oxygens (including phenoxy) is 2. The van der Waals surface area contributed by atoms with Crippen molar-refractivity contribution in [2.24, 2.45) is 0 Å². The molecule has 0 aliphatic carbocycles. The number of hydrogen-bond donors (Lipinski definition) is 2. The molecule has 0 unspecified atom stereocenters. The van der Waals surface area contributed by atoms with Gasteiger partial charge in [-0.05, 0) is 30.9 Å². The Morgan fingerprint density at radius 3 is 2.29 bits per heavy atom. The van der Waals surface area contributed by atoms with Crippen LogP contribution in [-0.4, -0.2) is 23.0 Å². The molecule has 1 rings (SSSR count). The van der Waals surface area contributed by atoms with Gasteiger partial charge in [-0.3, -0.25) is 0 Å². The zero-order chi connectivity index (χ0) is 17.8. The fourth-order valence-electron chi connectivity index (χ4n) is 2.61. The predicted octanol–water partition coefficient (Wildman–Crippen LogP) is 5.53. The summed E-state index contributed by atoms with van der Waals surface area (Å²) in [5.74, 6) is 0.0322. The number of carboxylic acid groups (broad SMARTS) is 1. The molecule has 0 atom stereocenters. The van der Waals surface area contributed by atoms with Gasteiger partial charge in [-0.2, -0.15) is 0 Å². The Balaban J connectivity index is 2.64. The van der Waals surface area contributed by atoms with Crippen molar-refractivity contribution < 1.29 is 24.5 Å². The molecule has 0 saturated heterocycles. The zero-order valence-electron chi connectivity index (χ0n) is 14.8. The molecule has 0 amide bonds. The Kier molecular flexibility index (Phi) is 9.73. The van der Waals surface area contributed by atoms with Gasteiger partial charge >= 0.3 is 6.16 Å². The third kappa shape index (κ3) is 7.11. The molecule has 0 aromatic heterocycles. The van der Waals surface area contributed by atoms with Crippen molar-refractivity contribution in [3.05, 3.63) is 17.7 Å². The minimum Gasteiger partial charge on any atom is -0.502 e. The molecule has 24 heavy (non-hydrogen) atoms. The van der Waals surface area contributed by atoms with E-state index in [9.17, 15) is 9.90 Å². The summed E-state index contributed by atoms with van der Waals surface area (Å²) in [4.78, 5) is 10.7. The minimum atomic E-state index is -1.45. The first-order valence-corrected chi connectivity index (χ1v) is 8.98. The van der Waals surface area contributed by atoms with E-state index in [0.717, 1.165) is 31.2 Å². The number of aromatic hydroxyl groups is 1. The van der Waals surface area contributed by atoms with Gasteiger partial charge in [0.05, 0.1) is 6.61 Å². The van der Waals surface area contributed by atoms with E-state index in [0.29, 0.717) is 12.4 Å². The zero-order valence-corrected chi connectivity index (χ0v) is 14.8. The molecule has 0 fully saturated rings. The lowest BCUT2D eigenvalue weighted by Gasteiger charge is -2.15. The summed E-state index contributed by atoms with van der Waals surface area (Å²) in [5, 5.41) is 18.9. The normalized spacial score (nSPS) is 10.6. The molecule has 136 valence electrons. The van der Waals surface area contributed by atoms with Gasteiger partial charge in [0, 0.05) is 0 Å². The van der Waals surface area contributed by atoms with E-state index < -0.39 is 6.16 Å². The first-order valence-electron chi connectivity index (χ1n) is 8.98. The smallest absolute Gasteiger partial charge is 0.502 e. The molecule has 5 nitrogen and oxygen atoms in total. The number of aryl methyl sites for hydroxylation is 1. The van der Waals surface area contributed by atoms with Crippen molar-refractivity contribution in [2.75, 3.05) is 6.61 Å². The molecule has 5 heteroatoms. The van der Waals surface area contributed by atoms with Crippen LogP contribution in [0.3, 0.4) is 0 Å². The summed E-state index contributed by atoms with van der Waals surface area (Å²) in [6.45, 7) is 4.65. The summed E-state index contributed by atoms with van der Waals surface area (Å²) >= 11 is 0. The van der Waals surface area contributed by atoms with Crippen LogP contribution >= 0.6 is 0 Å². The van der Waals surface area contributed by atoms with Crippen molar-refractivity contribution in [1.82, 2.24) is 0 Å². The van der Waals surface area contributed by atoms with Gasteiger partial charge in [0.25, 0.3) is 0 Å². The van der Waals surface area contributed by atoms with E-state index in [1.165, 1.54) is 38.2 Å². The number of carbonyl (C=O) groups is 1. The van der Waals surface area contributed by atoms with Crippen LogP contribution in [0.4, 0.5) is 4.79 Å². The lowest BCUT2D eigenvalue weighted by Crippen LogP contribution is -2.05. The van der Waals surface area contributed by atoms with Crippen LogP contribution in [0.5, 0.6) is 17.2 Å². The molecule has 0 aliphatic rings. The minimum absolute atomic E-state index is 0.0862. The molecule has 0 radical (unpaired) electrons. The molecule has 0 spiro atoms. The number of rotatable bonds is 12. The van der Waals surface area contributed by atoms with E-state index in [4.69, 9.17) is 9.84 Å². The molecule has 0 bridgehead atoms. The molecule has 2 N–H and O–H groups in total. The van der Waals surface area contributed by atoms with Crippen LogP contribution in [0.2, 0.25) is 0 Å². The summed E-state index contributed by atoms with van der Waals surface area (Å²) < 4.78 is 10.2. The summed E-state index contributed by atoms with van der Waals surface area (Å²) in [7, 11) is 0. The Bertz CT molecular complexity index is 499. The molecule has 0 saturated carbocycles. The Hall–Kier alpha value is -1.91. The van der Waals surface area contributed by atoms with E-state index in [1.807, 2.05) is 6.92 Å². The van der Waals surface area contributed by atoms with Gasteiger partial charge in [0.1, 0.15) is 0 Å². The average Bonchev–Trinajstić information content (AvgIpc) is 2.55. The number of unbranched alkanes of at least 4 members (excludes halogenated alkanes) is 6. The third-order valence-electron chi connectivity index (χ3n) is 3.87. The number of phenolic OH excluding ortho intramolecular Hbond substituents is 1. The fraction of sp³-hybridized carbons (Fsp3) is 0.632. The van der Waals surface area contributed by atoms with Gasteiger partial charge in [-0.1, -0.05) is 58.4 Å². The highest BCUT2D eigenvalue weighted by molar-refractivity contribution is 5.65. The average molecular weight is 338 g/mol. The highest BCUT2D eigenvalue weighted by Crippen LogP contribution is 2.40. The molecule has 0 aliphatic heterocycles. The summed E-state index contributed by atoms with van der Waals surface area (Å²) in [5.41, 5.74) is 0.896. The number of phenols is 1. The Morgan fingerprint density at radius 1 is 1.00 bits per heavy atom. The van der Waals surface area contributed by atoms with Crippen LogP contribution < -0.4 is 9.47 Å². The molecule has 0 heterocycles. The van der Waals surface area contributed by atoms with E-state index in [2.05, 4.69) is 11.7 Å². The maximum atomic E-state index is 10.7. The monoisotopic (exact) mass is 338 g/mol. The molecular formula is C19H30O5. The molecular weight excluding hydrogens is 308 g/mol. The Morgan fingerprint density at radius 2 is 1.67 bits per heavy atom. The molecule has 1 aromatic carbocycles. The van der Waals surface area contributed by atoms with Crippen molar-refractivity contribution >= 4 is 6.16 Å². The largest absolute Gasteiger partial charge is 0.511 e. The molecule has 1 aromatic rings. The number of hydrogen-bond acceptors (Lipinski definition) is 4. The first kappa shape index (κ1) is 20.1. The second-order valence-corrected chi connectivity index (χ2v) is 5.99. The predicted molar refractivity (Wildman–Crippen MR) is 94.2 cm³/mol. The third-order valence-corrected chi connectivity index (χ3v) is 3.87. The fourth-order valence-corrected chi connectivity index (χ4v) is 2.61. The lowest BCUT2D eigenvalue weighted by molar-refractivity contribution is 0.142. The topological polar surface area (TPSA) is 76.0 Å². The van der Waals surface area contributed by atoms with Crippen LogP contribution in [-0.2, 0) is 6.42 Å². The van der Waals surface area contributed by atoms with Crippen LogP contribution in [0.25, 0.3) is 0 Å². The Labute approximate surface area is 144 Å². The maximum absolute atomic E-state index is 10.7. The van der Waals surface area contributed by atoms with Gasteiger partial charge in [-0.25, -0.2) is 4.79 Å². The van der Waals surface area contributed by atoms with Gasteiger partial charge in [0.2, 0.25) is 5.75 Å². The van der Waals surface area contributed by atoms with E-state index >= 15 is 0 Å². The van der Waals surface area contributed by atoms with Crippen LogP contribution in [0.15, 0.2) is 12.1 Å². The van der Waals surface area contributed by atoms with Crippen molar-refractivity contribution in [1.29, 1.82) is 0 Å². The SMILES string of the molecule is CCCCCCCCCc1ccc(OC(=O)O)c(O)c1OCCC. The second kappa shape index (κ2) is 11.6.